The van der Waals surface area contributed by atoms with E-state index in [-0.39, 0.29) is 22.8 Å². The smallest absolute Gasteiger partial charge is 0.257 e. The van der Waals surface area contributed by atoms with E-state index in [0.29, 0.717) is 15.7 Å². The SMILES string of the molecule is O=C(Nc1ccccc1C(=O)Nc1cc(-n2cnnn2)ccc1F)c1ccccc1Br. The van der Waals surface area contributed by atoms with Crippen LogP contribution < -0.4 is 10.6 Å². The maximum atomic E-state index is 14.3. The largest absolute Gasteiger partial charge is 0.321 e. The lowest BCUT2D eigenvalue weighted by atomic mass is 10.1. The third-order valence-electron chi connectivity index (χ3n) is 4.35. The van der Waals surface area contributed by atoms with Crippen LogP contribution in [0.4, 0.5) is 15.8 Å². The number of carbonyl (C=O) groups excluding carboxylic acids is 2. The molecule has 1 heterocycles. The lowest BCUT2D eigenvalue weighted by molar-refractivity contribution is 0.102. The standard InChI is InChI=1S/C21H14BrFN6O2/c22-16-7-3-1-5-14(16)20(30)25-18-8-4-2-6-15(18)21(31)26-19-11-13(9-10-17(19)23)29-12-24-27-28-29/h1-12H,(H,25,30)(H,26,31). The predicted molar refractivity (Wildman–Crippen MR) is 116 cm³/mol. The summed E-state index contributed by atoms with van der Waals surface area (Å²) < 4.78 is 16.3. The molecule has 0 unspecified atom stereocenters. The Morgan fingerprint density at radius 3 is 2.29 bits per heavy atom. The van der Waals surface area contributed by atoms with Gasteiger partial charge in [-0.05, 0) is 68.8 Å². The third kappa shape index (κ3) is 4.48. The van der Waals surface area contributed by atoms with Gasteiger partial charge in [-0.25, -0.2) is 9.07 Å². The van der Waals surface area contributed by atoms with E-state index in [4.69, 9.17) is 0 Å². The molecule has 0 saturated heterocycles. The summed E-state index contributed by atoms with van der Waals surface area (Å²) in [6, 6.07) is 17.5. The average molecular weight is 481 g/mol. The van der Waals surface area contributed by atoms with Gasteiger partial charge in [0, 0.05) is 4.47 Å². The first kappa shape index (κ1) is 20.4. The molecule has 0 aliphatic carbocycles. The molecule has 4 rings (SSSR count). The molecular formula is C21H14BrFN6O2. The molecule has 10 heteroatoms. The summed E-state index contributed by atoms with van der Waals surface area (Å²) in [5.41, 5.74) is 1.30. The van der Waals surface area contributed by atoms with Gasteiger partial charge in [-0.2, -0.15) is 0 Å². The number of benzene rings is 3. The van der Waals surface area contributed by atoms with Crippen LogP contribution in [-0.4, -0.2) is 32.0 Å². The zero-order valence-corrected chi connectivity index (χ0v) is 17.4. The van der Waals surface area contributed by atoms with Gasteiger partial charge in [-0.15, -0.1) is 5.10 Å². The molecule has 0 aliphatic heterocycles. The fourth-order valence-corrected chi connectivity index (χ4v) is 3.31. The van der Waals surface area contributed by atoms with Crippen molar-refractivity contribution in [3.63, 3.8) is 0 Å². The lowest BCUT2D eigenvalue weighted by Crippen LogP contribution is -2.19. The second-order valence-corrected chi connectivity index (χ2v) is 7.21. The van der Waals surface area contributed by atoms with Gasteiger partial charge in [0.25, 0.3) is 11.8 Å². The number of nitrogens with zero attached hydrogens (tertiary/aromatic N) is 4. The quantitative estimate of drug-likeness (QED) is 0.448. The van der Waals surface area contributed by atoms with Gasteiger partial charge in [-0.1, -0.05) is 24.3 Å². The molecule has 4 aromatic rings. The number of rotatable bonds is 5. The van der Waals surface area contributed by atoms with Crippen LogP contribution in [0.1, 0.15) is 20.7 Å². The van der Waals surface area contributed by atoms with Gasteiger partial charge >= 0.3 is 0 Å². The second kappa shape index (κ2) is 8.84. The summed E-state index contributed by atoms with van der Waals surface area (Å²) >= 11 is 3.34. The zero-order chi connectivity index (χ0) is 21.8. The minimum Gasteiger partial charge on any atom is -0.321 e. The summed E-state index contributed by atoms with van der Waals surface area (Å²) in [6.45, 7) is 0. The number of carbonyl (C=O) groups is 2. The number of anilines is 2. The topological polar surface area (TPSA) is 102 Å². The highest BCUT2D eigenvalue weighted by Gasteiger charge is 2.17. The normalized spacial score (nSPS) is 10.5. The van der Waals surface area contributed by atoms with Crippen LogP contribution >= 0.6 is 15.9 Å². The lowest BCUT2D eigenvalue weighted by Gasteiger charge is -2.13. The molecule has 0 bridgehead atoms. The van der Waals surface area contributed by atoms with Gasteiger partial charge in [0.1, 0.15) is 12.1 Å². The summed E-state index contributed by atoms with van der Waals surface area (Å²) in [5.74, 6) is -1.60. The number of hydrogen-bond acceptors (Lipinski definition) is 5. The van der Waals surface area contributed by atoms with Gasteiger partial charge in [0.15, 0.2) is 0 Å². The van der Waals surface area contributed by atoms with Crippen LogP contribution in [0.3, 0.4) is 0 Å². The highest BCUT2D eigenvalue weighted by Crippen LogP contribution is 2.23. The number of para-hydroxylation sites is 1. The number of tetrazole rings is 1. The Balaban J connectivity index is 1.59. The summed E-state index contributed by atoms with van der Waals surface area (Å²) in [5, 5.41) is 16.1. The fraction of sp³-hybridized carbons (Fsp3) is 0. The molecule has 2 amide bonds. The van der Waals surface area contributed by atoms with E-state index >= 15 is 0 Å². The first-order chi connectivity index (χ1) is 15.0. The van der Waals surface area contributed by atoms with E-state index in [2.05, 4.69) is 42.1 Å². The van der Waals surface area contributed by atoms with Gasteiger partial charge in [0.2, 0.25) is 0 Å². The molecular weight excluding hydrogens is 467 g/mol. The maximum Gasteiger partial charge on any atom is 0.257 e. The highest BCUT2D eigenvalue weighted by molar-refractivity contribution is 9.10. The van der Waals surface area contributed by atoms with Crippen molar-refractivity contribution in [2.75, 3.05) is 10.6 Å². The number of nitrogens with one attached hydrogen (secondary N) is 2. The van der Waals surface area contributed by atoms with Crippen LogP contribution in [0, 0.1) is 5.82 Å². The summed E-state index contributed by atoms with van der Waals surface area (Å²) in [7, 11) is 0. The zero-order valence-electron chi connectivity index (χ0n) is 15.8. The molecule has 2 N–H and O–H groups in total. The molecule has 3 aromatic carbocycles. The first-order valence-corrected chi connectivity index (χ1v) is 9.81. The Labute approximate surface area is 184 Å². The third-order valence-corrected chi connectivity index (χ3v) is 5.04. The molecule has 0 radical (unpaired) electrons. The van der Waals surface area contributed by atoms with E-state index in [1.54, 1.807) is 42.5 Å². The van der Waals surface area contributed by atoms with Crippen molar-refractivity contribution in [1.82, 2.24) is 20.2 Å². The van der Waals surface area contributed by atoms with E-state index in [1.807, 2.05) is 0 Å². The Kier molecular flexibility index (Phi) is 5.80. The summed E-state index contributed by atoms with van der Waals surface area (Å²) in [6.07, 6.45) is 1.35. The van der Waals surface area contributed by atoms with Crippen LogP contribution in [-0.2, 0) is 0 Å². The second-order valence-electron chi connectivity index (χ2n) is 6.35. The first-order valence-electron chi connectivity index (χ1n) is 9.02. The molecule has 0 fully saturated rings. The molecule has 154 valence electrons. The molecule has 0 aliphatic rings. The van der Waals surface area contributed by atoms with E-state index in [0.717, 1.165) is 0 Å². The molecule has 8 nitrogen and oxygen atoms in total. The fourth-order valence-electron chi connectivity index (χ4n) is 2.85. The van der Waals surface area contributed by atoms with Crippen molar-refractivity contribution >= 4 is 39.1 Å². The minimum absolute atomic E-state index is 0.0510. The van der Waals surface area contributed by atoms with Crippen molar-refractivity contribution in [3.05, 3.63) is 94.5 Å². The monoisotopic (exact) mass is 480 g/mol. The number of halogens is 2. The van der Waals surface area contributed by atoms with Crippen molar-refractivity contribution in [1.29, 1.82) is 0 Å². The highest BCUT2D eigenvalue weighted by atomic mass is 79.9. The van der Waals surface area contributed by atoms with Crippen LogP contribution in [0.25, 0.3) is 5.69 Å². The van der Waals surface area contributed by atoms with Gasteiger partial charge < -0.3 is 10.6 Å². The Bertz CT molecular complexity index is 1260. The molecule has 0 saturated carbocycles. The Hall–Kier alpha value is -3.92. The Morgan fingerprint density at radius 1 is 0.871 bits per heavy atom. The summed E-state index contributed by atoms with van der Waals surface area (Å²) in [4.78, 5) is 25.5. The molecule has 31 heavy (non-hydrogen) atoms. The van der Waals surface area contributed by atoms with Crippen molar-refractivity contribution in [3.8, 4) is 5.69 Å². The minimum atomic E-state index is -0.625. The van der Waals surface area contributed by atoms with Crippen LogP contribution in [0.5, 0.6) is 0 Å². The molecule has 1 aromatic heterocycles. The van der Waals surface area contributed by atoms with Crippen molar-refractivity contribution in [2.24, 2.45) is 0 Å². The van der Waals surface area contributed by atoms with Crippen molar-refractivity contribution < 1.29 is 14.0 Å². The average Bonchev–Trinajstić information content (AvgIpc) is 3.31. The van der Waals surface area contributed by atoms with Crippen LogP contribution in [0.15, 0.2) is 77.5 Å². The number of hydrogen-bond donors (Lipinski definition) is 2. The maximum absolute atomic E-state index is 14.3. The molecule has 0 spiro atoms. The number of aromatic nitrogens is 4. The van der Waals surface area contributed by atoms with Gasteiger partial charge in [0.05, 0.1) is 28.2 Å². The van der Waals surface area contributed by atoms with E-state index in [1.165, 1.54) is 35.3 Å². The van der Waals surface area contributed by atoms with E-state index in [9.17, 15) is 14.0 Å². The number of amides is 2. The van der Waals surface area contributed by atoms with Crippen molar-refractivity contribution in [2.45, 2.75) is 0 Å². The van der Waals surface area contributed by atoms with Crippen LogP contribution in [0.2, 0.25) is 0 Å². The van der Waals surface area contributed by atoms with E-state index < -0.39 is 11.7 Å². The molecule has 0 atom stereocenters. The van der Waals surface area contributed by atoms with Gasteiger partial charge in [-0.3, -0.25) is 9.59 Å². The predicted octanol–water partition coefficient (Wildman–Crippen LogP) is 4.07. The Morgan fingerprint density at radius 2 is 1.55 bits per heavy atom.